The van der Waals surface area contributed by atoms with Crippen LogP contribution in [0.4, 0.5) is 0 Å². The van der Waals surface area contributed by atoms with Gasteiger partial charge in [-0.15, -0.1) is 0 Å². The molecule has 0 saturated carbocycles. The summed E-state index contributed by atoms with van der Waals surface area (Å²) in [6, 6.07) is 0. The molecule has 14 heavy (non-hydrogen) atoms. The Morgan fingerprint density at radius 1 is 0.286 bits per heavy atom. The van der Waals surface area contributed by atoms with Crippen LogP contribution in [0, 0.1) is 0 Å². The molecule has 0 unspecified atom stereocenters. The second-order valence-electron chi connectivity index (χ2n) is 0. The van der Waals surface area contributed by atoms with Crippen molar-refractivity contribution in [2.24, 2.45) is 0 Å². The molecular weight excluding hydrogens is 167 g/mol. The molecule has 101 valence electrons. The second kappa shape index (κ2) is 451000. The van der Waals surface area contributed by atoms with E-state index in [4.69, 9.17) is 0 Å². The molecule has 0 aliphatic carbocycles. The molecular formula is C13H46B. The third-order valence-corrected chi connectivity index (χ3v) is 0. The minimum atomic E-state index is 0. The van der Waals surface area contributed by atoms with E-state index in [9.17, 15) is 0 Å². The normalized spacial score (nSPS) is 1.29. The Bertz CT molecular complexity index is 5.20. The van der Waals surface area contributed by atoms with E-state index in [2.05, 4.69) is 0 Å². The lowest BCUT2D eigenvalue weighted by atomic mass is 10.8. The summed E-state index contributed by atoms with van der Waals surface area (Å²) >= 11 is 0. The van der Waals surface area contributed by atoms with E-state index in [0.717, 1.165) is 0 Å². The lowest BCUT2D eigenvalue weighted by Crippen LogP contribution is -0.856. The smallest absolute Gasteiger partial charge is 0 e. The van der Waals surface area contributed by atoms with Crippen molar-refractivity contribution >= 4 is 8.41 Å². The first-order valence-electron chi connectivity index (χ1n) is 3.00. The summed E-state index contributed by atoms with van der Waals surface area (Å²) in [5, 5.41) is 0. The summed E-state index contributed by atoms with van der Waals surface area (Å²) < 4.78 is 0. The fourth-order valence-corrected chi connectivity index (χ4v) is 0. The van der Waals surface area contributed by atoms with E-state index in [1.54, 1.807) is 0 Å². The van der Waals surface area contributed by atoms with E-state index >= 15 is 0 Å². The molecule has 0 aliphatic heterocycles. The van der Waals surface area contributed by atoms with Crippen molar-refractivity contribution in [2.75, 3.05) is 0 Å². The van der Waals surface area contributed by atoms with Crippen molar-refractivity contribution < 1.29 is 0 Å². The highest BCUT2D eigenvalue weighted by Gasteiger charge is 0.936. The zero-order chi connectivity index (χ0) is 6.00. The predicted octanol–water partition coefficient (Wildman–Crippen LogP) is 7.15. The Morgan fingerprint density at radius 3 is 0.286 bits per heavy atom. The fraction of sp³-hybridized carbons (Fsp3) is 1.00. The van der Waals surface area contributed by atoms with E-state index in [-0.39, 0.29) is 60.4 Å². The van der Waals surface area contributed by atoms with Crippen LogP contribution in [0.1, 0.15) is 93.5 Å². The lowest BCUT2D eigenvalue weighted by molar-refractivity contribution is 1.50. The minimum absolute atomic E-state index is 0. The van der Waals surface area contributed by atoms with Crippen LogP contribution in [0.2, 0.25) is 0 Å². The van der Waals surface area contributed by atoms with Crippen LogP contribution < -0.4 is 0 Å². The SMILES string of the molecule is C.C.C.C.C.C.C.CC.CC.CC.[B]. The highest BCUT2D eigenvalue weighted by molar-refractivity contribution is 5.75. The molecule has 0 aromatic carbocycles. The van der Waals surface area contributed by atoms with Gasteiger partial charge in [0.15, 0.2) is 0 Å². The summed E-state index contributed by atoms with van der Waals surface area (Å²) in [6.07, 6.45) is 0. The number of hydrogen-bond acceptors (Lipinski definition) is 0. The van der Waals surface area contributed by atoms with Gasteiger partial charge in [0.1, 0.15) is 0 Å². The predicted molar refractivity (Wildman–Crippen MR) is 86.9 cm³/mol. The Balaban J connectivity index is -0.000000000833. The first kappa shape index (κ1) is 256. The minimum Gasteiger partial charge on any atom is -0.0776 e. The van der Waals surface area contributed by atoms with E-state index in [0.29, 0.717) is 0 Å². The highest BCUT2D eigenvalue weighted by Crippen LogP contribution is 1.15. The summed E-state index contributed by atoms with van der Waals surface area (Å²) in [6.45, 7) is 12.0. The van der Waals surface area contributed by atoms with Gasteiger partial charge in [0, 0.05) is 8.41 Å². The van der Waals surface area contributed by atoms with Crippen molar-refractivity contribution in [1.82, 2.24) is 0 Å². The van der Waals surface area contributed by atoms with Gasteiger partial charge in [-0.3, -0.25) is 0 Å². The van der Waals surface area contributed by atoms with Crippen LogP contribution in [-0.4, -0.2) is 8.41 Å². The molecule has 0 N–H and O–H groups in total. The van der Waals surface area contributed by atoms with Crippen molar-refractivity contribution in [3.63, 3.8) is 0 Å². The molecule has 0 spiro atoms. The average Bonchev–Trinajstić information content (AvgIpc) is 1.81. The maximum absolute atomic E-state index is 2.00. The van der Waals surface area contributed by atoms with Gasteiger partial charge >= 0.3 is 0 Å². The van der Waals surface area contributed by atoms with Crippen LogP contribution >= 0.6 is 0 Å². The molecule has 3 radical (unpaired) electrons. The molecule has 0 saturated heterocycles. The maximum atomic E-state index is 2.00. The standard InChI is InChI=1S/3C2H6.7CH4.B/c3*1-2;;;;;;;;/h3*1-2H3;7*1H4;. The first-order chi connectivity index (χ1) is 3.00. The molecule has 0 rings (SSSR count). The Kier molecular flexibility index (Phi) is 8230000. The van der Waals surface area contributed by atoms with Gasteiger partial charge < -0.3 is 0 Å². The number of hydrogen-bond donors (Lipinski definition) is 0. The van der Waals surface area contributed by atoms with Gasteiger partial charge in [-0.05, 0) is 0 Å². The molecule has 0 fully saturated rings. The zero-order valence-electron chi connectivity index (χ0n) is 6.58. The highest BCUT2D eigenvalue weighted by atomic mass is 13.0. The van der Waals surface area contributed by atoms with Crippen LogP contribution in [0.3, 0.4) is 0 Å². The van der Waals surface area contributed by atoms with Gasteiger partial charge in [0.25, 0.3) is 0 Å². The number of rotatable bonds is 0. The summed E-state index contributed by atoms with van der Waals surface area (Å²) in [7, 11) is 0. The zero-order valence-corrected chi connectivity index (χ0v) is 6.58. The maximum Gasteiger partial charge on any atom is 0 e. The molecule has 0 aromatic heterocycles. The third kappa shape index (κ3) is 350000. The van der Waals surface area contributed by atoms with Crippen molar-refractivity contribution in [1.29, 1.82) is 0 Å². The quantitative estimate of drug-likeness (QED) is 0.375. The molecule has 0 bridgehead atoms. The van der Waals surface area contributed by atoms with Gasteiger partial charge in [0.2, 0.25) is 0 Å². The Hall–Kier alpha value is 0.0649. The van der Waals surface area contributed by atoms with Crippen LogP contribution in [-0.2, 0) is 0 Å². The van der Waals surface area contributed by atoms with Crippen molar-refractivity contribution in [3.8, 4) is 0 Å². The molecule has 0 atom stereocenters. The molecule has 0 aliphatic rings. The molecule has 0 aromatic rings. The summed E-state index contributed by atoms with van der Waals surface area (Å²) in [5.74, 6) is 0. The van der Waals surface area contributed by atoms with Crippen LogP contribution in [0.15, 0.2) is 0 Å². The average molecular weight is 213 g/mol. The summed E-state index contributed by atoms with van der Waals surface area (Å²) in [4.78, 5) is 0. The monoisotopic (exact) mass is 213 g/mol. The summed E-state index contributed by atoms with van der Waals surface area (Å²) in [5.41, 5.74) is 0. The van der Waals surface area contributed by atoms with Crippen molar-refractivity contribution in [2.45, 2.75) is 93.5 Å². The molecule has 0 nitrogen and oxygen atoms in total. The first-order valence-corrected chi connectivity index (χ1v) is 3.00. The van der Waals surface area contributed by atoms with E-state index < -0.39 is 0 Å². The van der Waals surface area contributed by atoms with Gasteiger partial charge in [-0.25, -0.2) is 0 Å². The second-order valence-corrected chi connectivity index (χ2v) is 0. The van der Waals surface area contributed by atoms with Crippen LogP contribution in [0.25, 0.3) is 0 Å². The molecule has 1 heteroatoms. The molecule has 0 heterocycles. The topological polar surface area (TPSA) is 0 Å². The van der Waals surface area contributed by atoms with Gasteiger partial charge in [0.05, 0.1) is 0 Å². The van der Waals surface area contributed by atoms with Gasteiger partial charge in [-0.2, -0.15) is 0 Å². The Labute approximate surface area is 102 Å². The van der Waals surface area contributed by atoms with E-state index in [1.807, 2.05) is 41.5 Å². The third-order valence-electron chi connectivity index (χ3n) is 0. The Morgan fingerprint density at radius 2 is 0.286 bits per heavy atom. The fourth-order valence-electron chi connectivity index (χ4n) is 0. The largest absolute Gasteiger partial charge is 0.0776 e. The van der Waals surface area contributed by atoms with Crippen LogP contribution in [0.5, 0.6) is 0 Å². The van der Waals surface area contributed by atoms with E-state index in [1.165, 1.54) is 0 Å². The van der Waals surface area contributed by atoms with Gasteiger partial charge in [-0.1, -0.05) is 93.5 Å². The molecule has 0 amide bonds. The lowest BCUT2D eigenvalue weighted by Gasteiger charge is -1.07. The van der Waals surface area contributed by atoms with Crippen molar-refractivity contribution in [3.05, 3.63) is 0 Å².